The molecule has 8 heteroatoms. The van der Waals surface area contributed by atoms with E-state index in [1.54, 1.807) is 13.8 Å². The van der Waals surface area contributed by atoms with Crippen molar-refractivity contribution in [3.8, 4) is 0 Å². The Morgan fingerprint density at radius 1 is 1.35 bits per heavy atom. The van der Waals surface area contributed by atoms with E-state index in [0.717, 1.165) is 5.01 Å². The Labute approximate surface area is 117 Å². The third-order valence-corrected chi connectivity index (χ3v) is 3.47. The second-order valence-electron chi connectivity index (χ2n) is 4.20. The number of nitrogens with one attached hydrogen (secondary N) is 1. The van der Waals surface area contributed by atoms with Gasteiger partial charge in [0.2, 0.25) is 5.13 Å². The molecule has 0 fully saturated rings. The first-order valence-corrected chi connectivity index (χ1v) is 6.62. The van der Waals surface area contributed by atoms with Crippen molar-refractivity contribution in [2.24, 2.45) is 0 Å². The number of hydrogen-bond acceptors (Lipinski definition) is 5. The van der Waals surface area contributed by atoms with Gasteiger partial charge in [0.05, 0.1) is 5.69 Å². The van der Waals surface area contributed by atoms with Crippen LogP contribution in [0.25, 0.3) is 5.65 Å². The standard InChI is InChI=1S/C12H10FN5OS/c1-6-10(11(19)15-12-17-16-7(2)20-12)18-5-8(13)3-4-9(18)14-6/h3-5H,1-2H3,(H,15,17,19). The minimum atomic E-state index is -0.435. The quantitative estimate of drug-likeness (QED) is 0.785. The molecule has 3 rings (SSSR count). The van der Waals surface area contributed by atoms with Crippen molar-refractivity contribution in [1.29, 1.82) is 0 Å². The summed E-state index contributed by atoms with van der Waals surface area (Å²) in [7, 11) is 0. The Balaban J connectivity index is 2.02. The highest BCUT2D eigenvalue weighted by Crippen LogP contribution is 2.18. The van der Waals surface area contributed by atoms with Crippen LogP contribution in [0.4, 0.5) is 9.52 Å². The minimum Gasteiger partial charge on any atom is -0.295 e. The molecule has 0 aliphatic carbocycles. The summed E-state index contributed by atoms with van der Waals surface area (Å²) < 4.78 is 14.7. The molecule has 0 saturated carbocycles. The SMILES string of the molecule is Cc1nnc(NC(=O)c2c(C)nc3ccc(F)cn23)s1. The number of rotatable bonds is 2. The Kier molecular flexibility index (Phi) is 2.94. The lowest BCUT2D eigenvalue weighted by molar-refractivity contribution is 0.102. The molecule has 3 aromatic heterocycles. The second kappa shape index (κ2) is 4.64. The lowest BCUT2D eigenvalue weighted by atomic mass is 10.3. The molecular weight excluding hydrogens is 281 g/mol. The van der Waals surface area contributed by atoms with Crippen molar-refractivity contribution < 1.29 is 9.18 Å². The summed E-state index contributed by atoms with van der Waals surface area (Å²) in [5.74, 6) is -0.826. The molecule has 0 saturated heterocycles. The average molecular weight is 291 g/mol. The van der Waals surface area contributed by atoms with E-state index < -0.39 is 11.7 Å². The van der Waals surface area contributed by atoms with Gasteiger partial charge in [0.15, 0.2) is 0 Å². The van der Waals surface area contributed by atoms with Crippen LogP contribution in [0.1, 0.15) is 21.2 Å². The maximum Gasteiger partial charge on any atom is 0.276 e. The van der Waals surface area contributed by atoms with Gasteiger partial charge in [-0.05, 0) is 26.0 Å². The van der Waals surface area contributed by atoms with Gasteiger partial charge in [-0.15, -0.1) is 10.2 Å². The molecule has 0 atom stereocenters. The van der Waals surface area contributed by atoms with E-state index in [0.29, 0.717) is 16.5 Å². The second-order valence-corrected chi connectivity index (χ2v) is 5.38. The number of hydrogen-bond donors (Lipinski definition) is 1. The smallest absolute Gasteiger partial charge is 0.276 e. The van der Waals surface area contributed by atoms with Gasteiger partial charge < -0.3 is 0 Å². The van der Waals surface area contributed by atoms with E-state index in [1.165, 1.54) is 34.1 Å². The van der Waals surface area contributed by atoms with Gasteiger partial charge in [-0.2, -0.15) is 0 Å². The van der Waals surface area contributed by atoms with E-state index in [-0.39, 0.29) is 5.69 Å². The van der Waals surface area contributed by atoms with Gasteiger partial charge in [-0.25, -0.2) is 9.37 Å². The zero-order chi connectivity index (χ0) is 14.3. The van der Waals surface area contributed by atoms with Gasteiger partial charge in [-0.1, -0.05) is 11.3 Å². The Morgan fingerprint density at radius 3 is 2.85 bits per heavy atom. The predicted molar refractivity (Wildman–Crippen MR) is 72.5 cm³/mol. The van der Waals surface area contributed by atoms with Crippen LogP contribution in [0, 0.1) is 19.7 Å². The lowest BCUT2D eigenvalue weighted by Gasteiger charge is -2.02. The van der Waals surface area contributed by atoms with E-state index in [1.807, 2.05) is 0 Å². The molecule has 0 aliphatic heterocycles. The highest BCUT2D eigenvalue weighted by atomic mass is 32.1. The van der Waals surface area contributed by atoms with Crippen molar-refractivity contribution in [3.05, 3.63) is 40.5 Å². The van der Waals surface area contributed by atoms with Crippen molar-refractivity contribution >= 4 is 28.0 Å². The summed E-state index contributed by atoms with van der Waals surface area (Å²) >= 11 is 1.27. The zero-order valence-corrected chi connectivity index (χ0v) is 11.5. The molecule has 3 heterocycles. The van der Waals surface area contributed by atoms with Crippen LogP contribution < -0.4 is 5.32 Å². The maximum atomic E-state index is 13.3. The molecule has 1 N–H and O–H groups in total. The monoisotopic (exact) mass is 291 g/mol. The fourth-order valence-electron chi connectivity index (χ4n) is 1.91. The Bertz CT molecular complexity index is 809. The van der Waals surface area contributed by atoms with Crippen molar-refractivity contribution in [1.82, 2.24) is 19.6 Å². The minimum absolute atomic E-state index is 0.285. The van der Waals surface area contributed by atoms with Crippen molar-refractivity contribution in [2.45, 2.75) is 13.8 Å². The third kappa shape index (κ3) is 2.14. The first kappa shape index (κ1) is 12.7. The van der Waals surface area contributed by atoms with Gasteiger partial charge >= 0.3 is 0 Å². The number of anilines is 1. The van der Waals surface area contributed by atoms with Gasteiger partial charge in [0, 0.05) is 6.20 Å². The average Bonchev–Trinajstić information content (AvgIpc) is 2.91. The lowest BCUT2D eigenvalue weighted by Crippen LogP contribution is -2.15. The van der Waals surface area contributed by atoms with E-state index in [2.05, 4.69) is 20.5 Å². The Hall–Kier alpha value is -2.35. The highest BCUT2D eigenvalue weighted by molar-refractivity contribution is 7.15. The summed E-state index contributed by atoms with van der Waals surface area (Å²) in [6.45, 7) is 3.49. The van der Waals surface area contributed by atoms with E-state index in [4.69, 9.17) is 0 Å². The van der Waals surface area contributed by atoms with Crippen LogP contribution in [0.5, 0.6) is 0 Å². The van der Waals surface area contributed by atoms with Crippen LogP contribution in [0.2, 0.25) is 0 Å². The summed E-state index contributed by atoms with van der Waals surface area (Å²) in [6, 6.07) is 2.83. The molecule has 0 bridgehead atoms. The largest absolute Gasteiger partial charge is 0.295 e. The van der Waals surface area contributed by atoms with Crippen LogP contribution in [0.3, 0.4) is 0 Å². The number of pyridine rings is 1. The number of amides is 1. The number of halogens is 1. The molecule has 0 aliphatic rings. The van der Waals surface area contributed by atoms with Crippen molar-refractivity contribution in [3.63, 3.8) is 0 Å². The van der Waals surface area contributed by atoms with Gasteiger partial charge in [0.25, 0.3) is 5.91 Å². The van der Waals surface area contributed by atoms with Gasteiger partial charge in [-0.3, -0.25) is 14.5 Å². The number of aromatic nitrogens is 4. The fraction of sp³-hybridized carbons (Fsp3) is 0.167. The normalized spacial score (nSPS) is 10.9. The molecule has 20 heavy (non-hydrogen) atoms. The molecule has 0 aromatic carbocycles. The zero-order valence-electron chi connectivity index (χ0n) is 10.7. The van der Waals surface area contributed by atoms with Gasteiger partial charge in [0.1, 0.15) is 22.2 Å². The molecular formula is C12H10FN5OS. The molecule has 0 radical (unpaired) electrons. The number of aryl methyl sites for hydroxylation is 2. The fourth-order valence-corrected chi connectivity index (χ4v) is 2.50. The first-order valence-electron chi connectivity index (χ1n) is 5.80. The molecule has 1 amide bonds. The number of imidazole rings is 1. The summed E-state index contributed by atoms with van der Waals surface area (Å²) in [6.07, 6.45) is 1.23. The predicted octanol–water partition coefficient (Wildman–Crippen LogP) is 2.19. The maximum absolute atomic E-state index is 13.3. The number of nitrogens with zero attached hydrogens (tertiary/aromatic N) is 4. The summed E-state index contributed by atoms with van der Waals surface area (Å²) in [4.78, 5) is 16.5. The van der Waals surface area contributed by atoms with Crippen LogP contribution in [-0.4, -0.2) is 25.5 Å². The highest BCUT2D eigenvalue weighted by Gasteiger charge is 2.18. The topological polar surface area (TPSA) is 72.2 Å². The number of fused-ring (bicyclic) bond motifs is 1. The first-order chi connectivity index (χ1) is 9.54. The van der Waals surface area contributed by atoms with Crippen LogP contribution >= 0.6 is 11.3 Å². The Morgan fingerprint density at radius 2 is 2.15 bits per heavy atom. The molecule has 102 valence electrons. The van der Waals surface area contributed by atoms with Crippen molar-refractivity contribution in [2.75, 3.05) is 5.32 Å². The molecule has 3 aromatic rings. The third-order valence-electron chi connectivity index (χ3n) is 2.72. The van der Waals surface area contributed by atoms with Crippen LogP contribution in [0.15, 0.2) is 18.3 Å². The summed E-state index contributed by atoms with van der Waals surface area (Å²) in [5.41, 5.74) is 1.32. The molecule has 6 nitrogen and oxygen atoms in total. The summed E-state index contributed by atoms with van der Waals surface area (Å²) in [5, 5.41) is 11.4. The number of carbonyl (C=O) groups is 1. The number of carbonyl (C=O) groups excluding carboxylic acids is 1. The van der Waals surface area contributed by atoms with E-state index in [9.17, 15) is 9.18 Å². The van der Waals surface area contributed by atoms with Crippen LogP contribution in [-0.2, 0) is 0 Å². The molecule has 0 spiro atoms. The molecule has 0 unspecified atom stereocenters. The van der Waals surface area contributed by atoms with E-state index >= 15 is 0 Å².